The van der Waals surface area contributed by atoms with E-state index in [1.54, 1.807) is 24.3 Å². The minimum Gasteiger partial charge on any atom is -0.492 e. The zero-order valence-electron chi connectivity index (χ0n) is 15.0. The lowest BCUT2D eigenvalue weighted by Gasteiger charge is -2.22. The van der Waals surface area contributed by atoms with Gasteiger partial charge < -0.3 is 14.6 Å². The van der Waals surface area contributed by atoms with E-state index >= 15 is 0 Å². The van der Waals surface area contributed by atoms with Gasteiger partial charge in [0, 0.05) is 6.04 Å². The normalized spacial score (nSPS) is 17.5. The molecule has 28 heavy (non-hydrogen) atoms. The largest absolute Gasteiger partial charge is 0.492 e. The maximum atomic E-state index is 12.6. The third kappa shape index (κ3) is 5.39. The summed E-state index contributed by atoms with van der Waals surface area (Å²) in [6.45, 7) is 1.15. The topological polar surface area (TPSA) is 59.0 Å². The summed E-state index contributed by atoms with van der Waals surface area (Å²) in [7, 11) is 0. The molecule has 0 spiro atoms. The fraction of sp³-hybridized carbons (Fsp3) is 0.350. The molecular weight excluding hydrogens is 375 g/mol. The van der Waals surface area contributed by atoms with E-state index < -0.39 is 17.7 Å². The molecule has 2 aromatic rings. The maximum absolute atomic E-state index is 12.6. The van der Waals surface area contributed by atoms with Crippen molar-refractivity contribution in [3.8, 4) is 17.2 Å². The van der Waals surface area contributed by atoms with Crippen LogP contribution in [-0.4, -0.2) is 41.7 Å². The zero-order chi connectivity index (χ0) is 20.1. The number of hydrogen-bond donors (Lipinski definition) is 1. The van der Waals surface area contributed by atoms with Crippen LogP contribution in [0.25, 0.3) is 0 Å². The molecule has 0 amide bonds. The Labute approximate surface area is 160 Å². The molecule has 1 aliphatic rings. The average Bonchev–Trinajstić information content (AvgIpc) is 3.07. The number of carboxylic acid groups (broad SMARTS) is 1. The quantitative estimate of drug-likeness (QED) is 0.752. The number of likely N-dealkylation sites (tertiary alicyclic amines) is 1. The second-order valence-corrected chi connectivity index (χ2v) is 6.57. The van der Waals surface area contributed by atoms with Crippen LogP contribution in [0.1, 0.15) is 18.4 Å². The molecule has 0 aliphatic carbocycles. The molecular formula is C20H20F3NO4. The van der Waals surface area contributed by atoms with Gasteiger partial charge in [-0.05, 0) is 67.9 Å². The highest BCUT2D eigenvalue weighted by Gasteiger charge is 2.30. The molecule has 1 heterocycles. The minimum atomic E-state index is -4.38. The molecule has 0 radical (unpaired) electrons. The molecule has 150 valence electrons. The summed E-state index contributed by atoms with van der Waals surface area (Å²) in [6, 6.07) is 11.3. The Morgan fingerprint density at radius 2 is 1.61 bits per heavy atom. The van der Waals surface area contributed by atoms with Gasteiger partial charge in [0.2, 0.25) is 0 Å². The highest BCUT2D eigenvalue weighted by molar-refractivity contribution is 5.69. The van der Waals surface area contributed by atoms with Gasteiger partial charge in [-0.3, -0.25) is 9.69 Å². The van der Waals surface area contributed by atoms with Crippen molar-refractivity contribution in [1.29, 1.82) is 0 Å². The molecule has 1 fully saturated rings. The lowest BCUT2D eigenvalue weighted by molar-refractivity contribution is -0.139. The number of aliphatic carboxylic acids is 1. The predicted molar refractivity (Wildman–Crippen MR) is 95.7 cm³/mol. The van der Waals surface area contributed by atoms with E-state index in [2.05, 4.69) is 0 Å². The molecule has 1 saturated heterocycles. The van der Waals surface area contributed by atoms with E-state index in [9.17, 15) is 18.0 Å². The van der Waals surface area contributed by atoms with Crippen molar-refractivity contribution in [2.45, 2.75) is 25.1 Å². The van der Waals surface area contributed by atoms with E-state index in [-0.39, 0.29) is 12.6 Å². The van der Waals surface area contributed by atoms with E-state index in [0.29, 0.717) is 23.9 Å². The summed E-state index contributed by atoms with van der Waals surface area (Å²) >= 11 is 0. The SMILES string of the molecule is O=C(O)CN1CCC[C@@H]1COc1ccc(Oc2ccc(C(F)(F)F)cc2)cc1. The molecule has 1 aliphatic heterocycles. The minimum absolute atomic E-state index is 0.00787. The van der Waals surface area contributed by atoms with Crippen LogP contribution < -0.4 is 9.47 Å². The van der Waals surface area contributed by atoms with Gasteiger partial charge in [-0.15, -0.1) is 0 Å². The molecule has 3 rings (SSSR count). The second-order valence-electron chi connectivity index (χ2n) is 6.57. The highest BCUT2D eigenvalue weighted by Crippen LogP contribution is 2.31. The number of carboxylic acids is 1. The highest BCUT2D eigenvalue weighted by atomic mass is 19.4. The van der Waals surface area contributed by atoms with Crippen LogP contribution in [0.15, 0.2) is 48.5 Å². The summed E-state index contributed by atoms with van der Waals surface area (Å²) in [5.74, 6) is 0.538. The van der Waals surface area contributed by atoms with Crippen LogP contribution in [0.3, 0.4) is 0 Å². The van der Waals surface area contributed by atoms with Gasteiger partial charge in [0.05, 0.1) is 12.1 Å². The lowest BCUT2D eigenvalue weighted by Crippen LogP contribution is -2.37. The lowest BCUT2D eigenvalue weighted by atomic mass is 10.2. The molecule has 1 atom stereocenters. The van der Waals surface area contributed by atoms with Gasteiger partial charge in [0.1, 0.15) is 23.9 Å². The van der Waals surface area contributed by atoms with E-state index in [1.165, 1.54) is 12.1 Å². The first-order chi connectivity index (χ1) is 13.3. The van der Waals surface area contributed by atoms with Gasteiger partial charge in [-0.25, -0.2) is 0 Å². The molecule has 8 heteroatoms. The number of carbonyl (C=O) groups is 1. The third-order valence-corrected chi connectivity index (χ3v) is 4.52. The molecule has 2 aromatic carbocycles. The fourth-order valence-electron chi connectivity index (χ4n) is 3.11. The fourth-order valence-corrected chi connectivity index (χ4v) is 3.11. The van der Waals surface area contributed by atoms with E-state index in [0.717, 1.165) is 31.5 Å². The van der Waals surface area contributed by atoms with Gasteiger partial charge in [-0.1, -0.05) is 0 Å². The monoisotopic (exact) mass is 395 g/mol. The Balaban J connectivity index is 1.53. The number of ether oxygens (including phenoxy) is 2. The molecule has 0 bridgehead atoms. The van der Waals surface area contributed by atoms with Crippen LogP contribution in [-0.2, 0) is 11.0 Å². The summed E-state index contributed by atoms with van der Waals surface area (Å²) < 4.78 is 49.0. The number of alkyl halides is 3. The first-order valence-electron chi connectivity index (χ1n) is 8.85. The van der Waals surface area contributed by atoms with Gasteiger partial charge in [-0.2, -0.15) is 13.2 Å². The Bertz CT molecular complexity index is 791. The molecule has 1 N–H and O–H groups in total. The number of rotatable bonds is 7. The molecule has 0 aromatic heterocycles. The number of hydrogen-bond acceptors (Lipinski definition) is 4. The predicted octanol–water partition coefficient (Wildman–Crippen LogP) is 4.43. The van der Waals surface area contributed by atoms with Crippen LogP contribution in [0.4, 0.5) is 13.2 Å². The third-order valence-electron chi connectivity index (χ3n) is 4.52. The van der Waals surface area contributed by atoms with Crippen molar-refractivity contribution in [2.75, 3.05) is 19.7 Å². The van der Waals surface area contributed by atoms with Gasteiger partial charge in [0.25, 0.3) is 0 Å². The molecule has 5 nitrogen and oxygen atoms in total. The first-order valence-corrected chi connectivity index (χ1v) is 8.85. The van der Waals surface area contributed by atoms with Gasteiger partial charge in [0.15, 0.2) is 0 Å². The van der Waals surface area contributed by atoms with Gasteiger partial charge >= 0.3 is 12.1 Å². The maximum Gasteiger partial charge on any atom is 0.416 e. The Hall–Kier alpha value is -2.74. The van der Waals surface area contributed by atoms with Crippen LogP contribution >= 0.6 is 0 Å². The standard InChI is InChI=1S/C20H20F3NO4/c21-20(22,23)14-3-5-17(6-4-14)28-18-9-7-16(8-10-18)27-13-15-2-1-11-24(15)12-19(25)26/h3-10,15H,1-2,11-13H2,(H,25,26)/t15-/m1/s1. The van der Waals surface area contributed by atoms with Crippen molar-refractivity contribution >= 4 is 5.97 Å². The van der Waals surface area contributed by atoms with Crippen molar-refractivity contribution < 1.29 is 32.5 Å². The first kappa shape index (κ1) is 20.0. The zero-order valence-corrected chi connectivity index (χ0v) is 15.0. The summed E-state index contributed by atoms with van der Waals surface area (Å²) in [5, 5.41) is 8.93. The Kier molecular flexibility index (Phi) is 6.08. The number of nitrogens with zero attached hydrogens (tertiary/aromatic N) is 1. The molecule has 0 unspecified atom stereocenters. The van der Waals surface area contributed by atoms with E-state index in [4.69, 9.17) is 14.6 Å². The average molecular weight is 395 g/mol. The number of benzene rings is 2. The molecule has 0 saturated carbocycles. The summed E-state index contributed by atoms with van der Waals surface area (Å²) in [4.78, 5) is 12.8. The number of halogens is 3. The summed E-state index contributed by atoms with van der Waals surface area (Å²) in [5.41, 5.74) is -0.729. The Morgan fingerprint density at radius 1 is 1.04 bits per heavy atom. The van der Waals surface area contributed by atoms with Crippen molar-refractivity contribution in [3.05, 3.63) is 54.1 Å². The summed E-state index contributed by atoms with van der Waals surface area (Å²) in [6.07, 6.45) is -2.54. The van der Waals surface area contributed by atoms with Crippen molar-refractivity contribution in [2.24, 2.45) is 0 Å². The van der Waals surface area contributed by atoms with Crippen LogP contribution in [0.5, 0.6) is 17.2 Å². The van der Waals surface area contributed by atoms with Crippen molar-refractivity contribution in [3.63, 3.8) is 0 Å². The van der Waals surface area contributed by atoms with Crippen LogP contribution in [0.2, 0.25) is 0 Å². The van der Waals surface area contributed by atoms with E-state index in [1.807, 2.05) is 4.90 Å². The smallest absolute Gasteiger partial charge is 0.416 e. The van der Waals surface area contributed by atoms with Crippen LogP contribution in [0, 0.1) is 0 Å². The second kappa shape index (κ2) is 8.52. The van der Waals surface area contributed by atoms with Crippen molar-refractivity contribution in [1.82, 2.24) is 4.90 Å². The Morgan fingerprint density at radius 3 is 2.18 bits per heavy atom.